The summed E-state index contributed by atoms with van der Waals surface area (Å²) in [6.07, 6.45) is -3.89. The number of hydrogen-bond acceptors (Lipinski definition) is 2. The van der Waals surface area contributed by atoms with E-state index in [1.54, 1.807) is 45.3 Å². The van der Waals surface area contributed by atoms with Crippen molar-refractivity contribution in [3.8, 4) is 11.3 Å². The Morgan fingerprint density at radius 3 is 2.30 bits per heavy atom. The molecule has 4 nitrogen and oxygen atoms in total. The van der Waals surface area contributed by atoms with E-state index in [-0.39, 0.29) is 18.1 Å². The fraction of sp³-hybridized carbons (Fsp3) is 0.375. The Labute approximate surface area is 132 Å². The van der Waals surface area contributed by atoms with Gasteiger partial charge >= 0.3 is 6.18 Å². The molecule has 1 aromatic heterocycles. The van der Waals surface area contributed by atoms with Gasteiger partial charge in [-0.3, -0.25) is 9.48 Å². The summed E-state index contributed by atoms with van der Waals surface area (Å²) in [6, 6.07) is 7.43. The molecular formula is C16H18F3N3O. The van der Waals surface area contributed by atoms with Gasteiger partial charge in [0, 0.05) is 31.8 Å². The lowest BCUT2D eigenvalue weighted by Gasteiger charge is -2.10. The summed E-state index contributed by atoms with van der Waals surface area (Å²) < 4.78 is 40.1. The fourth-order valence-corrected chi connectivity index (χ4v) is 2.21. The second-order valence-corrected chi connectivity index (χ2v) is 5.41. The summed E-state index contributed by atoms with van der Waals surface area (Å²) in [5.74, 6) is -0.163. The Hall–Kier alpha value is -2.31. The minimum absolute atomic E-state index is 0.163. The van der Waals surface area contributed by atoms with Crippen molar-refractivity contribution in [3.63, 3.8) is 0 Å². The van der Waals surface area contributed by atoms with Gasteiger partial charge in [-0.1, -0.05) is 19.1 Å². The molecule has 0 unspecified atom stereocenters. The highest BCUT2D eigenvalue weighted by Gasteiger charge is 2.35. The van der Waals surface area contributed by atoms with Gasteiger partial charge in [0.25, 0.3) is 5.91 Å². The van der Waals surface area contributed by atoms with Gasteiger partial charge in [0.05, 0.1) is 5.69 Å². The van der Waals surface area contributed by atoms with Gasteiger partial charge in [0.2, 0.25) is 0 Å². The van der Waals surface area contributed by atoms with Gasteiger partial charge < -0.3 is 4.90 Å². The topological polar surface area (TPSA) is 38.1 Å². The van der Waals surface area contributed by atoms with E-state index in [1.807, 2.05) is 0 Å². The predicted octanol–water partition coefficient (Wildman–Crippen LogP) is 3.68. The number of amides is 1. The molecule has 0 saturated carbocycles. The minimum atomic E-state index is -4.44. The zero-order valence-electron chi connectivity index (χ0n) is 13.2. The monoisotopic (exact) mass is 325 g/mol. The van der Waals surface area contributed by atoms with Crippen molar-refractivity contribution in [1.29, 1.82) is 0 Å². The highest BCUT2D eigenvalue weighted by Crippen LogP contribution is 2.32. The number of carbonyl (C=O) groups is 1. The molecule has 0 bridgehead atoms. The van der Waals surface area contributed by atoms with Crippen LogP contribution in [0.3, 0.4) is 0 Å². The summed E-state index contributed by atoms with van der Waals surface area (Å²) in [5.41, 5.74) is 0.501. The molecule has 0 atom stereocenters. The van der Waals surface area contributed by atoms with Crippen LogP contribution in [0.15, 0.2) is 30.3 Å². The largest absolute Gasteiger partial charge is 0.433 e. The Bertz CT molecular complexity index is 688. The predicted molar refractivity (Wildman–Crippen MR) is 81.0 cm³/mol. The molecule has 124 valence electrons. The molecule has 1 heterocycles. The van der Waals surface area contributed by atoms with Crippen molar-refractivity contribution in [3.05, 3.63) is 41.6 Å². The van der Waals surface area contributed by atoms with Crippen molar-refractivity contribution in [2.45, 2.75) is 26.1 Å². The van der Waals surface area contributed by atoms with Gasteiger partial charge in [0.15, 0.2) is 0 Å². The molecule has 0 fully saturated rings. The number of halogens is 3. The summed E-state index contributed by atoms with van der Waals surface area (Å²) in [7, 11) is 3.27. The van der Waals surface area contributed by atoms with Gasteiger partial charge in [-0.2, -0.15) is 18.3 Å². The zero-order chi connectivity index (χ0) is 17.2. The summed E-state index contributed by atoms with van der Waals surface area (Å²) in [5, 5.41) is 4.05. The third kappa shape index (κ3) is 3.72. The smallest absolute Gasteiger partial charge is 0.345 e. The molecule has 7 heteroatoms. The quantitative estimate of drug-likeness (QED) is 0.860. The molecule has 0 radical (unpaired) electrons. The molecule has 1 amide bonds. The second kappa shape index (κ2) is 6.44. The number of rotatable bonds is 4. The average molecular weight is 325 g/mol. The van der Waals surface area contributed by atoms with Crippen LogP contribution in [0.1, 0.15) is 29.4 Å². The van der Waals surface area contributed by atoms with Gasteiger partial charge in [-0.15, -0.1) is 0 Å². The van der Waals surface area contributed by atoms with Crippen LogP contribution in [0.5, 0.6) is 0 Å². The van der Waals surface area contributed by atoms with Crippen LogP contribution in [0, 0.1) is 0 Å². The molecule has 0 aliphatic rings. The van der Waals surface area contributed by atoms with E-state index in [0.717, 1.165) is 10.7 Å². The molecule has 0 saturated heterocycles. The molecule has 1 aromatic carbocycles. The van der Waals surface area contributed by atoms with Crippen molar-refractivity contribution in [2.24, 2.45) is 0 Å². The number of aromatic nitrogens is 2. The van der Waals surface area contributed by atoms with Crippen LogP contribution in [0.2, 0.25) is 0 Å². The maximum Gasteiger partial charge on any atom is 0.433 e. The highest BCUT2D eigenvalue weighted by molar-refractivity contribution is 5.94. The lowest BCUT2D eigenvalue weighted by molar-refractivity contribution is -0.144. The molecule has 23 heavy (non-hydrogen) atoms. The number of carbonyl (C=O) groups excluding carboxylic acids is 1. The van der Waals surface area contributed by atoms with Crippen molar-refractivity contribution >= 4 is 5.91 Å². The first-order chi connectivity index (χ1) is 10.7. The lowest BCUT2D eigenvalue weighted by Crippen LogP contribution is -2.21. The first-order valence-corrected chi connectivity index (χ1v) is 7.21. The van der Waals surface area contributed by atoms with E-state index in [0.29, 0.717) is 17.5 Å². The molecule has 0 aliphatic heterocycles. The summed E-state index contributed by atoms with van der Waals surface area (Å²) in [4.78, 5) is 13.3. The van der Waals surface area contributed by atoms with E-state index >= 15 is 0 Å². The van der Waals surface area contributed by atoms with E-state index in [4.69, 9.17) is 0 Å². The first-order valence-electron chi connectivity index (χ1n) is 7.21. The molecular weight excluding hydrogens is 307 g/mol. The maximum absolute atomic E-state index is 13.0. The normalized spacial score (nSPS) is 11.6. The minimum Gasteiger partial charge on any atom is -0.345 e. The van der Waals surface area contributed by atoms with Gasteiger partial charge in [-0.25, -0.2) is 0 Å². The number of benzene rings is 1. The van der Waals surface area contributed by atoms with Crippen LogP contribution >= 0.6 is 0 Å². The van der Waals surface area contributed by atoms with E-state index in [2.05, 4.69) is 5.10 Å². The standard InChI is InChI=1S/C16H18F3N3O/c1-4-9-22-14(16(17,18)19)10-13(20-22)11-5-7-12(8-6-11)15(23)21(2)3/h5-8,10H,4,9H2,1-3H3. The maximum atomic E-state index is 13.0. The van der Waals surface area contributed by atoms with Crippen LogP contribution in [0.4, 0.5) is 13.2 Å². The van der Waals surface area contributed by atoms with Crippen LogP contribution in [-0.4, -0.2) is 34.7 Å². The Balaban J connectivity index is 2.37. The third-order valence-electron chi connectivity index (χ3n) is 3.34. The SMILES string of the molecule is CCCn1nc(-c2ccc(C(=O)N(C)C)cc2)cc1C(F)(F)F. The Morgan fingerprint density at radius 2 is 1.83 bits per heavy atom. The second-order valence-electron chi connectivity index (χ2n) is 5.41. The summed E-state index contributed by atoms with van der Waals surface area (Å²) in [6.45, 7) is 2.00. The molecule has 0 aliphatic carbocycles. The highest BCUT2D eigenvalue weighted by atomic mass is 19.4. The van der Waals surface area contributed by atoms with Crippen LogP contribution in [-0.2, 0) is 12.7 Å². The van der Waals surface area contributed by atoms with Crippen molar-refractivity contribution < 1.29 is 18.0 Å². The number of aryl methyl sites for hydroxylation is 1. The van der Waals surface area contributed by atoms with Crippen molar-refractivity contribution in [1.82, 2.24) is 14.7 Å². The number of alkyl halides is 3. The van der Waals surface area contributed by atoms with E-state index in [1.165, 1.54) is 4.90 Å². The Kier molecular flexibility index (Phi) is 4.77. The fourth-order valence-electron chi connectivity index (χ4n) is 2.21. The number of hydrogen-bond donors (Lipinski definition) is 0. The molecule has 0 N–H and O–H groups in total. The first kappa shape index (κ1) is 17.1. The lowest BCUT2D eigenvalue weighted by atomic mass is 10.1. The number of nitrogens with zero attached hydrogens (tertiary/aromatic N) is 3. The molecule has 2 rings (SSSR count). The van der Waals surface area contributed by atoms with Gasteiger partial charge in [0.1, 0.15) is 5.69 Å². The molecule has 2 aromatic rings. The summed E-state index contributed by atoms with van der Waals surface area (Å²) >= 11 is 0. The van der Waals surface area contributed by atoms with Crippen LogP contribution < -0.4 is 0 Å². The average Bonchev–Trinajstić information content (AvgIpc) is 2.91. The van der Waals surface area contributed by atoms with E-state index in [9.17, 15) is 18.0 Å². The van der Waals surface area contributed by atoms with E-state index < -0.39 is 11.9 Å². The Morgan fingerprint density at radius 1 is 1.22 bits per heavy atom. The molecule has 0 spiro atoms. The van der Waals surface area contributed by atoms with Gasteiger partial charge in [-0.05, 0) is 24.6 Å². The zero-order valence-corrected chi connectivity index (χ0v) is 13.2. The third-order valence-corrected chi connectivity index (χ3v) is 3.34. The van der Waals surface area contributed by atoms with Crippen molar-refractivity contribution in [2.75, 3.05) is 14.1 Å². The van der Waals surface area contributed by atoms with Crippen LogP contribution in [0.25, 0.3) is 11.3 Å².